The topological polar surface area (TPSA) is 60.4 Å². The van der Waals surface area contributed by atoms with Crippen molar-refractivity contribution in [2.24, 2.45) is 0 Å². The standard InChI is InChI=1S/C16H16O4S/c1-20-16-9-4-3-6-13(16)11-15(17)12-7-5-8-14(10-12)21(2,18)19/h3-10H,11H2,1-2H3. The summed E-state index contributed by atoms with van der Waals surface area (Å²) in [7, 11) is -1.77. The van der Waals surface area contributed by atoms with Gasteiger partial charge in [-0.3, -0.25) is 4.79 Å². The third-order valence-electron chi connectivity index (χ3n) is 3.13. The number of carbonyl (C=O) groups is 1. The zero-order valence-electron chi connectivity index (χ0n) is 11.9. The molecule has 0 aromatic heterocycles. The van der Waals surface area contributed by atoms with Crippen LogP contribution in [0.4, 0.5) is 0 Å². The summed E-state index contributed by atoms with van der Waals surface area (Å²) in [5.41, 5.74) is 1.15. The van der Waals surface area contributed by atoms with Crippen LogP contribution in [-0.2, 0) is 16.3 Å². The first kappa shape index (κ1) is 15.3. The molecule has 2 rings (SSSR count). The summed E-state index contributed by atoms with van der Waals surface area (Å²) in [5, 5.41) is 0. The Kier molecular flexibility index (Phi) is 4.43. The molecule has 0 bridgehead atoms. The van der Waals surface area contributed by atoms with Crippen LogP contribution in [0, 0.1) is 0 Å². The Balaban J connectivity index is 2.29. The number of hydrogen-bond acceptors (Lipinski definition) is 4. The molecule has 0 saturated heterocycles. The van der Waals surface area contributed by atoms with E-state index in [1.54, 1.807) is 25.3 Å². The van der Waals surface area contributed by atoms with Crippen molar-refractivity contribution in [2.45, 2.75) is 11.3 Å². The fourth-order valence-corrected chi connectivity index (χ4v) is 2.69. The minimum absolute atomic E-state index is 0.147. The van der Waals surface area contributed by atoms with Gasteiger partial charge in [0.1, 0.15) is 5.75 Å². The van der Waals surface area contributed by atoms with E-state index in [1.807, 2.05) is 18.2 Å². The molecule has 0 spiro atoms. The van der Waals surface area contributed by atoms with Crippen LogP contribution in [0.2, 0.25) is 0 Å². The molecular weight excluding hydrogens is 288 g/mol. The van der Waals surface area contributed by atoms with Crippen LogP contribution in [0.15, 0.2) is 53.4 Å². The van der Waals surface area contributed by atoms with E-state index in [9.17, 15) is 13.2 Å². The summed E-state index contributed by atoms with van der Waals surface area (Å²) >= 11 is 0. The Morgan fingerprint density at radius 3 is 2.48 bits per heavy atom. The van der Waals surface area contributed by atoms with Crippen molar-refractivity contribution in [3.05, 3.63) is 59.7 Å². The van der Waals surface area contributed by atoms with Crippen molar-refractivity contribution < 1.29 is 17.9 Å². The molecule has 0 aliphatic heterocycles. The molecule has 0 amide bonds. The predicted octanol–water partition coefficient (Wildman–Crippen LogP) is 2.52. The highest BCUT2D eigenvalue weighted by atomic mass is 32.2. The van der Waals surface area contributed by atoms with E-state index in [2.05, 4.69) is 0 Å². The fourth-order valence-electron chi connectivity index (χ4n) is 2.02. The maximum Gasteiger partial charge on any atom is 0.175 e. The maximum atomic E-state index is 12.3. The smallest absolute Gasteiger partial charge is 0.175 e. The van der Waals surface area contributed by atoms with Crippen molar-refractivity contribution in [1.82, 2.24) is 0 Å². The van der Waals surface area contributed by atoms with E-state index in [0.717, 1.165) is 11.8 Å². The average Bonchev–Trinajstić information content (AvgIpc) is 2.47. The highest BCUT2D eigenvalue weighted by Crippen LogP contribution is 2.20. The molecule has 5 heteroatoms. The first-order valence-corrected chi connectivity index (χ1v) is 8.26. The quantitative estimate of drug-likeness (QED) is 0.796. The Bertz CT molecular complexity index is 763. The third kappa shape index (κ3) is 3.70. The van der Waals surface area contributed by atoms with Gasteiger partial charge in [0.15, 0.2) is 15.6 Å². The minimum atomic E-state index is -3.32. The van der Waals surface area contributed by atoms with E-state index >= 15 is 0 Å². The van der Waals surface area contributed by atoms with Gasteiger partial charge in [-0.1, -0.05) is 30.3 Å². The Morgan fingerprint density at radius 1 is 1.10 bits per heavy atom. The van der Waals surface area contributed by atoms with Gasteiger partial charge in [-0.25, -0.2) is 8.42 Å². The number of sulfone groups is 1. The molecule has 0 aliphatic rings. The molecule has 0 atom stereocenters. The number of benzene rings is 2. The lowest BCUT2D eigenvalue weighted by Crippen LogP contribution is -2.06. The molecular formula is C16H16O4S. The van der Waals surface area contributed by atoms with Crippen LogP contribution in [0.1, 0.15) is 15.9 Å². The second kappa shape index (κ2) is 6.10. The monoisotopic (exact) mass is 304 g/mol. The normalized spacial score (nSPS) is 11.1. The van der Waals surface area contributed by atoms with Crippen LogP contribution >= 0.6 is 0 Å². The molecule has 0 heterocycles. The van der Waals surface area contributed by atoms with Crippen molar-refractivity contribution in [3.63, 3.8) is 0 Å². The lowest BCUT2D eigenvalue weighted by molar-refractivity contribution is 0.0992. The lowest BCUT2D eigenvalue weighted by Gasteiger charge is -2.08. The number of para-hydroxylation sites is 1. The largest absolute Gasteiger partial charge is 0.496 e. The van der Waals surface area contributed by atoms with Crippen molar-refractivity contribution in [2.75, 3.05) is 13.4 Å². The average molecular weight is 304 g/mol. The summed E-state index contributed by atoms with van der Waals surface area (Å²) < 4.78 is 28.3. The first-order valence-electron chi connectivity index (χ1n) is 6.37. The number of Topliss-reactive ketones (excluding diaryl/α,β-unsaturated/α-hetero) is 1. The van der Waals surface area contributed by atoms with Crippen molar-refractivity contribution in [3.8, 4) is 5.75 Å². The molecule has 110 valence electrons. The first-order chi connectivity index (χ1) is 9.91. The Labute approximate surface area is 124 Å². The number of rotatable bonds is 5. The molecule has 0 aliphatic carbocycles. The number of carbonyl (C=O) groups excluding carboxylic acids is 1. The van der Waals surface area contributed by atoms with Gasteiger partial charge in [-0.05, 0) is 18.2 Å². The summed E-state index contributed by atoms with van der Waals surface area (Å²) in [6.07, 6.45) is 1.29. The molecule has 21 heavy (non-hydrogen) atoms. The second-order valence-electron chi connectivity index (χ2n) is 4.71. The highest BCUT2D eigenvalue weighted by molar-refractivity contribution is 7.90. The van der Waals surface area contributed by atoms with Crippen LogP contribution in [-0.4, -0.2) is 27.6 Å². The zero-order chi connectivity index (χ0) is 15.5. The van der Waals surface area contributed by atoms with Gasteiger partial charge in [0.2, 0.25) is 0 Å². The molecule has 0 unspecified atom stereocenters. The van der Waals surface area contributed by atoms with Crippen LogP contribution in [0.25, 0.3) is 0 Å². The summed E-state index contributed by atoms with van der Waals surface area (Å²) in [6, 6.07) is 13.3. The van der Waals surface area contributed by atoms with E-state index in [1.165, 1.54) is 12.1 Å². The van der Waals surface area contributed by atoms with E-state index in [-0.39, 0.29) is 17.1 Å². The zero-order valence-corrected chi connectivity index (χ0v) is 12.7. The van der Waals surface area contributed by atoms with Gasteiger partial charge in [0.25, 0.3) is 0 Å². The molecule has 0 fully saturated rings. The van der Waals surface area contributed by atoms with Crippen molar-refractivity contribution in [1.29, 1.82) is 0 Å². The van der Waals surface area contributed by atoms with Crippen LogP contribution < -0.4 is 4.74 Å². The number of ketones is 1. The van der Waals surface area contributed by atoms with E-state index in [0.29, 0.717) is 11.3 Å². The number of hydrogen-bond donors (Lipinski definition) is 0. The Morgan fingerprint density at radius 2 is 1.81 bits per heavy atom. The lowest BCUT2D eigenvalue weighted by atomic mass is 10.0. The molecule has 4 nitrogen and oxygen atoms in total. The molecule has 2 aromatic rings. The second-order valence-corrected chi connectivity index (χ2v) is 6.73. The van der Waals surface area contributed by atoms with Gasteiger partial charge < -0.3 is 4.74 Å². The van der Waals surface area contributed by atoms with Gasteiger partial charge in [-0.15, -0.1) is 0 Å². The van der Waals surface area contributed by atoms with Crippen molar-refractivity contribution >= 4 is 15.6 Å². The van der Waals surface area contributed by atoms with Gasteiger partial charge >= 0.3 is 0 Å². The van der Waals surface area contributed by atoms with E-state index in [4.69, 9.17) is 4.74 Å². The van der Waals surface area contributed by atoms with Gasteiger partial charge in [0, 0.05) is 23.8 Å². The summed E-state index contributed by atoms with van der Waals surface area (Å²) in [5.74, 6) is 0.495. The van der Waals surface area contributed by atoms with E-state index < -0.39 is 9.84 Å². The molecule has 0 N–H and O–H groups in total. The van der Waals surface area contributed by atoms with Gasteiger partial charge in [-0.2, -0.15) is 0 Å². The van der Waals surface area contributed by atoms with Crippen LogP contribution in [0.5, 0.6) is 5.75 Å². The maximum absolute atomic E-state index is 12.3. The molecule has 0 saturated carbocycles. The number of methoxy groups -OCH3 is 1. The van der Waals surface area contributed by atoms with Crippen LogP contribution in [0.3, 0.4) is 0 Å². The SMILES string of the molecule is COc1ccccc1CC(=O)c1cccc(S(C)(=O)=O)c1. The predicted molar refractivity (Wildman–Crippen MR) is 80.6 cm³/mol. The fraction of sp³-hybridized carbons (Fsp3) is 0.188. The molecule has 0 radical (unpaired) electrons. The molecule has 2 aromatic carbocycles. The summed E-state index contributed by atoms with van der Waals surface area (Å²) in [6.45, 7) is 0. The minimum Gasteiger partial charge on any atom is -0.496 e. The highest BCUT2D eigenvalue weighted by Gasteiger charge is 2.13. The number of ether oxygens (including phenoxy) is 1. The third-order valence-corrected chi connectivity index (χ3v) is 4.24. The summed E-state index contributed by atoms with van der Waals surface area (Å²) in [4.78, 5) is 12.5. The van der Waals surface area contributed by atoms with Gasteiger partial charge in [0.05, 0.1) is 12.0 Å². The Hall–Kier alpha value is -2.14.